The maximum absolute atomic E-state index is 6.26. The van der Waals surface area contributed by atoms with E-state index in [-0.39, 0.29) is 0 Å². The molecule has 1 aromatic heterocycles. The van der Waals surface area contributed by atoms with E-state index in [1.807, 2.05) is 50.1 Å². The first-order valence-electron chi connectivity index (χ1n) is 6.59. The van der Waals surface area contributed by atoms with Gasteiger partial charge in [-0.05, 0) is 20.2 Å². The van der Waals surface area contributed by atoms with Crippen LogP contribution in [0.2, 0.25) is 5.02 Å². The van der Waals surface area contributed by atoms with Crippen molar-refractivity contribution in [3.8, 4) is 5.75 Å². The van der Waals surface area contributed by atoms with Gasteiger partial charge in [0.2, 0.25) is 0 Å². The lowest BCUT2D eigenvalue weighted by molar-refractivity contribution is 0.260. The largest absolute Gasteiger partial charge is 0.490 e. The van der Waals surface area contributed by atoms with Gasteiger partial charge in [-0.1, -0.05) is 23.7 Å². The summed E-state index contributed by atoms with van der Waals surface area (Å²) >= 11 is 6.26. The summed E-state index contributed by atoms with van der Waals surface area (Å²) in [7, 11) is 6.02. The van der Waals surface area contributed by atoms with Crippen LogP contribution < -0.4 is 4.74 Å². The van der Waals surface area contributed by atoms with Crippen LogP contribution in [0.15, 0.2) is 30.6 Å². The van der Waals surface area contributed by atoms with Crippen LogP contribution >= 0.6 is 11.6 Å². The minimum Gasteiger partial charge on any atom is -0.490 e. The van der Waals surface area contributed by atoms with Crippen LogP contribution in [0.1, 0.15) is 11.4 Å². The third-order valence-corrected chi connectivity index (χ3v) is 3.40. The number of benzene rings is 1. The van der Waals surface area contributed by atoms with E-state index < -0.39 is 0 Å². The molecule has 108 valence electrons. The predicted octanol–water partition coefficient (Wildman–Crippen LogP) is 2.60. The van der Waals surface area contributed by atoms with Crippen molar-refractivity contribution in [2.24, 2.45) is 7.05 Å². The second-order valence-electron chi connectivity index (χ2n) is 5.01. The molecule has 0 N–H and O–H groups in total. The number of likely N-dealkylation sites (N-methyl/N-ethyl adjacent to an activating group) is 1. The molecule has 0 radical (unpaired) electrons. The second kappa shape index (κ2) is 6.77. The maximum Gasteiger partial charge on any atom is 0.141 e. The van der Waals surface area contributed by atoms with Crippen LogP contribution in [-0.2, 0) is 13.5 Å². The van der Waals surface area contributed by atoms with Crippen LogP contribution in [0.4, 0.5) is 0 Å². The van der Waals surface area contributed by atoms with E-state index in [2.05, 4.69) is 9.88 Å². The molecule has 2 rings (SSSR count). The van der Waals surface area contributed by atoms with Crippen molar-refractivity contribution in [2.75, 3.05) is 27.2 Å². The minimum atomic E-state index is 0.615. The van der Waals surface area contributed by atoms with E-state index in [4.69, 9.17) is 16.3 Å². The van der Waals surface area contributed by atoms with E-state index in [1.165, 1.54) is 0 Å². The summed E-state index contributed by atoms with van der Waals surface area (Å²) in [5.41, 5.74) is 1.06. The van der Waals surface area contributed by atoms with Gasteiger partial charge < -0.3 is 14.2 Å². The fraction of sp³-hybridized carbons (Fsp3) is 0.400. The molecule has 0 saturated heterocycles. The summed E-state index contributed by atoms with van der Waals surface area (Å²) in [4.78, 5) is 6.43. The summed E-state index contributed by atoms with van der Waals surface area (Å²) in [6.45, 7) is 1.47. The molecule has 0 fully saturated rings. The molecule has 0 atom stereocenters. The van der Waals surface area contributed by atoms with E-state index in [0.717, 1.165) is 23.7 Å². The maximum atomic E-state index is 6.26. The Morgan fingerprint density at radius 3 is 2.80 bits per heavy atom. The molecule has 0 bridgehead atoms. The highest BCUT2D eigenvalue weighted by atomic mass is 35.5. The topological polar surface area (TPSA) is 30.3 Å². The first kappa shape index (κ1) is 14.9. The molecule has 20 heavy (non-hydrogen) atoms. The fourth-order valence-corrected chi connectivity index (χ4v) is 2.17. The SMILES string of the molecule is CN(C)CCOc1c(Cl)cccc1Cc1nccn1C. The Morgan fingerprint density at radius 2 is 2.15 bits per heavy atom. The lowest BCUT2D eigenvalue weighted by Gasteiger charge is -2.15. The zero-order valence-corrected chi connectivity index (χ0v) is 12.9. The Kier molecular flexibility index (Phi) is 5.04. The molecule has 4 nitrogen and oxygen atoms in total. The molecule has 0 aliphatic heterocycles. The molecular formula is C15H20ClN3O. The van der Waals surface area contributed by atoms with Gasteiger partial charge in [-0.25, -0.2) is 4.98 Å². The predicted molar refractivity (Wildman–Crippen MR) is 81.5 cm³/mol. The molecule has 1 aromatic carbocycles. The zero-order valence-electron chi connectivity index (χ0n) is 12.1. The van der Waals surface area contributed by atoms with Crippen molar-refractivity contribution in [3.05, 3.63) is 47.0 Å². The van der Waals surface area contributed by atoms with Crippen LogP contribution in [0.3, 0.4) is 0 Å². The molecule has 2 aromatic rings. The lowest BCUT2D eigenvalue weighted by Crippen LogP contribution is -2.20. The summed E-state index contributed by atoms with van der Waals surface area (Å²) < 4.78 is 7.86. The summed E-state index contributed by atoms with van der Waals surface area (Å²) in [6.07, 6.45) is 4.44. The minimum absolute atomic E-state index is 0.615. The summed E-state index contributed by atoms with van der Waals surface area (Å²) in [5, 5.41) is 0.649. The Balaban J connectivity index is 2.15. The number of para-hydroxylation sites is 1. The van der Waals surface area contributed by atoms with Crippen molar-refractivity contribution in [2.45, 2.75) is 6.42 Å². The number of aromatic nitrogens is 2. The van der Waals surface area contributed by atoms with E-state index in [1.54, 1.807) is 6.20 Å². The molecular weight excluding hydrogens is 274 g/mol. The van der Waals surface area contributed by atoms with Crippen LogP contribution in [0.25, 0.3) is 0 Å². The summed E-state index contributed by atoms with van der Waals surface area (Å²) in [5.74, 6) is 1.75. The number of imidazole rings is 1. The van der Waals surface area contributed by atoms with Gasteiger partial charge >= 0.3 is 0 Å². The van der Waals surface area contributed by atoms with E-state index >= 15 is 0 Å². The Morgan fingerprint density at radius 1 is 1.35 bits per heavy atom. The molecule has 1 heterocycles. The molecule has 0 amide bonds. The van der Waals surface area contributed by atoms with Crippen molar-refractivity contribution in [3.63, 3.8) is 0 Å². The van der Waals surface area contributed by atoms with Crippen molar-refractivity contribution in [1.29, 1.82) is 0 Å². The third-order valence-electron chi connectivity index (χ3n) is 3.10. The first-order valence-corrected chi connectivity index (χ1v) is 6.97. The molecule has 0 unspecified atom stereocenters. The quantitative estimate of drug-likeness (QED) is 0.820. The lowest BCUT2D eigenvalue weighted by atomic mass is 10.1. The van der Waals surface area contributed by atoms with Crippen LogP contribution in [-0.4, -0.2) is 41.7 Å². The van der Waals surface area contributed by atoms with Gasteiger partial charge in [0.1, 0.15) is 18.2 Å². The van der Waals surface area contributed by atoms with Gasteiger partial charge in [0.05, 0.1) is 5.02 Å². The van der Waals surface area contributed by atoms with Gasteiger partial charge in [-0.2, -0.15) is 0 Å². The average Bonchev–Trinajstić information content (AvgIpc) is 2.78. The molecule has 0 aliphatic rings. The number of rotatable bonds is 6. The highest BCUT2D eigenvalue weighted by Gasteiger charge is 2.11. The third kappa shape index (κ3) is 3.74. The van der Waals surface area contributed by atoms with E-state index in [9.17, 15) is 0 Å². The van der Waals surface area contributed by atoms with Gasteiger partial charge in [-0.3, -0.25) is 0 Å². The number of hydrogen-bond acceptors (Lipinski definition) is 3. The fourth-order valence-electron chi connectivity index (χ4n) is 1.92. The summed E-state index contributed by atoms with van der Waals surface area (Å²) in [6, 6.07) is 5.83. The molecule has 0 spiro atoms. The highest BCUT2D eigenvalue weighted by molar-refractivity contribution is 6.32. The second-order valence-corrected chi connectivity index (χ2v) is 5.42. The normalized spacial score (nSPS) is 11.1. The number of nitrogens with zero attached hydrogens (tertiary/aromatic N) is 3. The molecule has 0 aliphatic carbocycles. The van der Waals surface area contributed by atoms with Crippen molar-refractivity contribution in [1.82, 2.24) is 14.5 Å². The van der Waals surface area contributed by atoms with Gasteiger partial charge in [-0.15, -0.1) is 0 Å². The number of hydrogen-bond donors (Lipinski definition) is 0. The highest BCUT2D eigenvalue weighted by Crippen LogP contribution is 2.30. The number of halogens is 1. The van der Waals surface area contributed by atoms with Crippen LogP contribution in [0.5, 0.6) is 5.75 Å². The van der Waals surface area contributed by atoms with Crippen LogP contribution in [0, 0.1) is 0 Å². The number of ether oxygens (including phenoxy) is 1. The smallest absolute Gasteiger partial charge is 0.141 e. The molecule has 5 heteroatoms. The van der Waals surface area contributed by atoms with E-state index in [0.29, 0.717) is 18.1 Å². The van der Waals surface area contributed by atoms with Crippen molar-refractivity contribution >= 4 is 11.6 Å². The molecule has 0 saturated carbocycles. The number of aryl methyl sites for hydroxylation is 1. The van der Waals surface area contributed by atoms with Crippen molar-refractivity contribution < 1.29 is 4.74 Å². The standard InChI is InChI=1S/C15H20ClN3O/c1-18(2)9-10-20-15-12(5-4-6-13(15)16)11-14-17-7-8-19(14)3/h4-8H,9-11H2,1-3H3. The monoisotopic (exact) mass is 293 g/mol. The zero-order chi connectivity index (χ0) is 14.5. The Labute approximate surface area is 124 Å². The average molecular weight is 294 g/mol. The Bertz CT molecular complexity index is 566. The van der Waals surface area contributed by atoms with Gasteiger partial charge in [0.25, 0.3) is 0 Å². The van der Waals surface area contributed by atoms with Gasteiger partial charge in [0.15, 0.2) is 0 Å². The Hall–Kier alpha value is -1.52. The first-order chi connectivity index (χ1) is 9.58. The van der Waals surface area contributed by atoms with Gasteiger partial charge in [0, 0.05) is 38.0 Å².